The van der Waals surface area contributed by atoms with E-state index < -0.39 is 30.6 Å². The molecule has 0 spiro atoms. The summed E-state index contributed by atoms with van der Waals surface area (Å²) < 4.78 is 0. The molecule has 1 saturated heterocycles. The Bertz CT molecular complexity index is 284. The Hall–Kier alpha value is -0.240. The highest BCUT2D eigenvalue weighted by Gasteiger charge is 2.47. The van der Waals surface area contributed by atoms with Gasteiger partial charge in [0.2, 0.25) is 0 Å². The van der Waals surface area contributed by atoms with Crippen molar-refractivity contribution in [1.29, 1.82) is 0 Å². The molecule has 5 N–H and O–H groups in total. The lowest BCUT2D eigenvalue weighted by Crippen LogP contribution is -2.67. The highest BCUT2D eigenvalue weighted by Crippen LogP contribution is 2.29. The van der Waals surface area contributed by atoms with E-state index in [9.17, 15) is 25.5 Å². The van der Waals surface area contributed by atoms with Crippen molar-refractivity contribution in [2.24, 2.45) is 5.92 Å². The van der Waals surface area contributed by atoms with Crippen LogP contribution in [-0.2, 0) is 0 Å². The van der Waals surface area contributed by atoms with Crippen molar-refractivity contribution in [3.8, 4) is 0 Å². The summed E-state index contributed by atoms with van der Waals surface area (Å²) >= 11 is 0. The minimum Gasteiger partial charge on any atom is -0.395 e. The number of rotatable bonds is 3. The van der Waals surface area contributed by atoms with Crippen molar-refractivity contribution >= 4 is 0 Å². The molecule has 1 heterocycles. The first-order chi connectivity index (χ1) is 9.06. The number of hydrogen-bond acceptors (Lipinski definition) is 6. The van der Waals surface area contributed by atoms with Crippen molar-refractivity contribution < 1.29 is 25.5 Å². The fourth-order valence-corrected chi connectivity index (χ4v) is 3.32. The van der Waals surface area contributed by atoms with Crippen molar-refractivity contribution in [3.63, 3.8) is 0 Å². The molecule has 2 aliphatic rings. The maximum Gasteiger partial charge on any atom is 0.136 e. The number of likely N-dealkylation sites (tertiary alicyclic amines) is 1. The van der Waals surface area contributed by atoms with Crippen LogP contribution in [0.3, 0.4) is 0 Å². The van der Waals surface area contributed by atoms with Crippen LogP contribution < -0.4 is 0 Å². The zero-order chi connectivity index (χ0) is 14.0. The van der Waals surface area contributed by atoms with E-state index in [0.717, 1.165) is 25.7 Å². The molecule has 1 saturated carbocycles. The van der Waals surface area contributed by atoms with Gasteiger partial charge >= 0.3 is 0 Å². The molecule has 2 fully saturated rings. The van der Waals surface area contributed by atoms with Gasteiger partial charge in [-0.2, -0.15) is 0 Å². The van der Waals surface area contributed by atoms with Crippen molar-refractivity contribution in [1.82, 2.24) is 4.90 Å². The van der Waals surface area contributed by atoms with E-state index in [2.05, 4.69) is 0 Å². The monoisotopic (exact) mass is 275 g/mol. The Balaban J connectivity index is 2.05. The average molecular weight is 275 g/mol. The lowest BCUT2D eigenvalue weighted by Gasteiger charge is -2.47. The largest absolute Gasteiger partial charge is 0.395 e. The van der Waals surface area contributed by atoms with Crippen molar-refractivity contribution in [2.45, 2.75) is 62.7 Å². The molecule has 112 valence electrons. The van der Waals surface area contributed by atoms with Crippen LogP contribution in [0.1, 0.15) is 32.1 Å². The number of aliphatic hydroxyl groups is 5. The summed E-state index contributed by atoms with van der Waals surface area (Å²) in [5.41, 5.74) is 0. The summed E-state index contributed by atoms with van der Waals surface area (Å²) in [4.78, 5) is 1.54. The molecule has 0 aromatic heterocycles. The predicted octanol–water partition coefficient (Wildman–Crippen LogP) is -1.36. The van der Waals surface area contributed by atoms with Crippen LogP contribution in [0.5, 0.6) is 0 Å². The van der Waals surface area contributed by atoms with Gasteiger partial charge in [0.1, 0.15) is 24.5 Å². The molecule has 0 bridgehead atoms. The van der Waals surface area contributed by atoms with Gasteiger partial charge < -0.3 is 25.5 Å². The van der Waals surface area contributed by atoms with E-state index >= 15 is 0 Å². The van der Waals surface area contributed by atoms with Gasteiger partial charge in [0, 0.05) is 6.54 Å². The number of hydrogen-bond donors (Lipinski definition) is 5. The zero-order valence-electron chi connectivity index (χ0n) is 11.1. The topological polar surface area (TPSA) is 104 Å². The Kier molecular flexibility index (Phi) is 5.16. The fraction of sp³-hybridized carbons (Fsp3) is 1.00. The van der Waals surface area contributed by atoms with E-state index in [1.807, 2.05) is 0 Å². The van der Waals surface area contributed by atoms with Crippen LogP contribution in [0.2, 0.25) is 0 Å². The first-order valence-electron chi connectivity index (χ1n) is 7.15. The standard InChI is InChI=1S/C13H25NO5/c15-7-9-10(16)11(17)12(18)13(19)14(9)6-8-4-2-1-3-5-8/h8-13,15-19H,1-7H2/t9-,10-,11+,12-,13?/m1/s1. The van der Waals surface area contributed by atoms with Crippen LogP contribution in [0.15, 0.2) is 0 Å². The molecule has 0 radical (unpaired) electrons. The van der Waals surface area contributed by atoms with E-state index in [-0.39, 0.29) is 6.61 Å². The molecule has 5 atom stereocenters. The van der Waals surface area contributed by atoms with Gasteiger partial charge in [-0.15, -0.1) is 0 Å². The summed E-state index contributed by atoms with van der Waals surface area (Å²) in [5.74, 6) is 0.409. The molecule has 6 nitrogen and oxygen atoms in total. The zero-order valence-corrected chi connectivity index (χ0v) is 11.1. The van der Waals surface area contributed by atoms with Gasteiger partial charge in [0.15, 0.2) is 0 Å². The maximum atomic E-state index is 10.1. The maximum absolute atomic E-state index is 10.1. The minimum atomic E-state index is -1.42. The molecule has 19 heavy (non-hydrogen) atoms. The lowest BCUT2D eigenvalue weighted by atomic mass is 9.86. The molecular formula is C13H25NO5. The first-order valence-corrected chi connectivity index (χ1v) is 7.15. The molecule has 2 rings (SSSR count). The third kappa shape index (κ3) is 3.09. The third-order valence-electron chi connectivity index (χ3n) is 4.55. The number of nitrogens with zero attached hydrogens (tertiary/aromatic N) is 1. The minimum absolute atomic E-state index is 0.352. The molecule has 1 aliphatic heterocycles. The smallest absolute Gasteiger partial charge is 0.136 e. The number of piperidine rings is 1. The molecule has 6 heteroatoms. The SMILES string of the molecule is OC[C@@H]1[C@@H](O)[C@H](O)[C@@H](O)C(O)N1CC1CCCCC1. The average Bonchev–Trinajstić information content (AvgIpc) is 2.44. The van der Waals surface area contributed by atoms with Crippen LogP contribution in [-0.4, -0.2) is 74.2 Å². The molecule has 0 aromatic rings. The van der Waals surface area contributed by atoms with Crippen LogP contribution >= 0.6 is 0 Å². The van der Waals surface area contributed by atoms with E-state index in [0.29, 0.717) is 12.5 Å². The van der Waals surface area contributed by atoms with E-state index in [4.69, 9.17) is 0 Å². The van der Waals surface area contributed by atoms with E-state index in [1.165, 1.54) is 11.3 Å². The third-order valence-corrected chi connectivity index (χ3v) is 4.55. The first kappa shape index (κ1) is 15.2. The van der Waals surface area contributed by atoms with Gasteiger partial charge in [-0.05, 0) is 18.8 Å². The van der Waals surface area contributed by atoms with Gasteiger partial charge in [-0.3, -0.25) is 4.90 Å². The van der Waals surface area contributed by atoms with Gasteiger partial charge in [0.05, 0.1) is 12.6 Å². The van der Waals surface area contributed by atoms with E-state index in [1.54, 1.807) is 0 Å². The summed E-state index contributed by atoms with van der Waals surface area (Å²) in [6, 6.07) is -0.727. The normalized spacial score (nSPS) is 42.5. The summed E-state index contributed by atoms with van der Waals surface area (Å²) in [5, 5.41) is 48.7. The highest BCUT2D eigenvalue weighted by molar-refractivity contribution is 4.97. The quantitative estimate of drug-likeness (QED) is 0.436. The van der Waals surface area contributed by atoms with Gasteiger partial charge in [-0.1, -0.05) is 19.3 Å². The molecule has 1 aliphatic carbocycles. The Morgan fingerprint density at radius 1 is 0.842 bits per heavy atom. The Morgan fingerprint density at radius 3 is 2.05 bits per heavy atom. The predicted molar refractivity (Wildman–Crippen MR) is 68.2 cm³/mol. The number of aliphatic hydroxyl groups excluding tert-OH is 5. The van der Waals surface area contributed by atoms with Gasteiger partial charge in [-0.25, -0.2) is 0 Å². The summed E-state index contributed by atoms with van der Waals surface area (Å²) in [6.45, 7) is 0.183. The lowest BCUT2D eigenvalue weighted by molar-refractivity contribution is -0.225. The second-order valence-corrected chi connectivity index (χ2v) is 5.84. The van der Waals surface area contributed by atoms with Crippen LogP contribution in [0.25, 0.3) is 0 Å². The molecule has 1 unspecified atom stereocenters. The van der Waals surface area contributed by atoms with Crippen molar-refractivity contribution in [2.75, 3.05) is 13.2 Å². The second-order valence-electron chi connectivity index (χ2n) is 5.84. The van der Waals surface area contributed by atoms with Crippen LogP contribution in [0.4, 0.5) is 0 Å². The van der Waals surface area contributed by atoms with Gasteiger partial charge in [0.25, 0.3) is 0 Å². The second kappa shape index (κ2) is 6.47. The highest BCUT2D eigenvalue weighted by atomic mass is 16.4. The summed E-state index contributed by atoms with van der Waals surface area (Å²) in [7, 11) is 0. The Morgan fingerprint density at radius 2 is 1.47 bits per heavy atom. The fourth-order valence-electron chi connectivity index (χ4n) is 3.32. The van der Waals surface area contributed by atoms with Crippen LogP contribution in [0, 0.1) is 5.92 Å². The Labute approximate surface area is 113 Å². The molecular weight excluding hydrogens is 250 g/mol. The molecule has 0 aromatic carbocycles. The molecule has 0 amide bonds. The van der Waals surface area contributed by atoms with Crippen molar-refractivity contribution in [3.05, 3.63) is 0 Å². The summed E-state index contributed by atoms with van der Waals surface area (Å²) in [6.07, 6.45) is 0.373.